The molecule has 0 aliphatic heterocycles. The second kappa shape index (κ2) is 6.70. The highest BCUT2D eigenvalue weighted by Crippen LogP contribution is 2.22. The lowest BCUT2D eigenvalue weighted by molar-refractivity contribution is 0.480. The molecule has 0 amide bonds. The van der Waals surface area contributed by atoms with Gasteiger partial charge in [0.2, 0.25) is 0 Å². The van der Waals surface area contributed by atoms with E-state index in [9.17, 15) is 4.79 Å². The third-order valence-corrected chi connectivity index (χ3v) is 4.50. The number of hydrogen-bond acceptors (Lipinski definition) is 4. The molecule has 0 saturated heterocycles. The van der Waals surface area contributed by atoms with Crippen LogP contribution in [-0.2, 0) is 18.7 Å². The molecule has 1 aromatic carbocycles. The van der Waals surface area contributed by atoms with Crippen molar-refractivity contribution < 1.29 is 4.42 Å². The highest BCUT2D eigenvalue weighted by Gasteiger charge is 2.11. The van der Waals surface area contributed by atoms with Crippen molar-refractivity contribution in [2.75, 3.05) is 0 Å². The van der Waals surface area contributed by atoms with Crippen molar-refractivity contribution in [3.63, 3.8) is 0 Å². The van der Waals surface area contributed by atoms with E-state index in [0.717, 1.165) is 17.9 Å². The van der Waals surface area contributed by atoms with Gasteiger partial charge >= 0.3 is 5.69 Å². The highest BCUT2D eigenvalue weighted by molar-refractivity contribution is 7.98. The third-order valence-electron chi connectivity index (χ3n) is 3.47. The molecule has 22 heavy (non-hydrogen) atoms. The monoisotopic (exact) mass is 315 g/mol. The van der Waals surface area contributed by atoms with Gasteiger partial charge in [0.1, 0.15) is 5.76 Å². The minimum absolute atomic E-state index is 0.220. The predicted octanol–water partition coefficient (Wildman–Crippen LogP) is 3.07. The molecule has 3 rings (SSSR count). The largest absolute Gasteiger partial charge is 0.467 e. The molecule has 0 atom stereocenters. The number of rotatable bonds is 6. The Labute approximate surface area is 132 Å². The summed E-state index contributed by atoms with van der Waals surface area (Å²) < 4.78 is 6.90. The summed E-state index contributed by atoms with van der Waals surface area (Å²) >= 11 is 1.55. The van der Waals surface area contributed by atoms with Gasteiger partial charge in [0.05, 0.1) is 12.8 Å². The van der Waals surface area contributed by atoms with Gasteiger partial charge in [-0.15, -0.1) is 5.10 Å². The molecule has 6 heteroatoms. The topological polar surface area (TPSA) is 63.8 Å². The number of aromatic nitrogens is 3. The summed E-state index contributed by atoms with van der Waals surface area (Å²) in [4.78, 5) is 11.9. The van der Waals surface area contributed by atoms with Crippen molar-refractivity contribution in [1.29, 1.82) is 0 Å². The van der Waals surface area contributed by atoms with Gasteiger partial charge < -0.3 is 4.42 Å². The molecule has 0 saturated carbocycles. The van der Waals surface area contributed by atoms with Crippen molar-refractivity contribution in [1.82, 2.24) is 14.8 Å². The molecule has 0 aliphatic carbocycles. The smallest absolute Gasteiger partial charge is 0.344 e. The number of nitrogens with zero attached hydrogens (tertiary/aromatic N) is 2. The van der Waals surface area contributed by atoms with Gasteiger partial charge in [-0.2, -0.15) is 0 Å². The first kappa shape index (κ1) is 14.7. The number of aromatic amines is 1. The second-order valence-electron chi connectivity index (χ2n) is 4.89. The fourth-order valence-corrected chi connectivity index (χ4v) is 3.28. The number of hydrogen-bond donors (Lipinski definition) is 1. The average molecular weight is 315 g/mol. The Balaban J connectivity index is 1.77. The average Bonchev–Trinajstić information content (AvgIpc) is 3.17. The Bertz CT molecular complexity index is 790. The summed E-state index contributed by atoms with van der Waals surface area (Å²) in [6, 6.07) is 12.0. The molecule has 2 heterocycles. The Morgan fingerprint density at radius 3 is 2.77 bits per heavy atom. The molecule has 0 aliphatic rings. The van der Waals surface area contributed by atoms with E-state index in [4.69, 9.17) is 4.42 Å². The molecular weight excluding hydrogens is 298 g/mol. The van der Waals surface area contributed by atoms with Gasteiger partial charge in [-0.25, -0.2) is 9.89 Å². The standard InChI is InChI=1S/C16H17N3O2S/c1-2-12-6-3-4-7-13(12)11-22-16-18-17-15(20)19(16)10-14-8-5-9-21-14/h3-9H,2,10-11H2,1H3,(H,17,20). The van der Waals surface area contributed by atoms with E-state index in [1.165, 1.54) is 11.1 Å². The summed E-state index contributed by atoms with van der Waals surface area (Å²) in [6.45, 7) is 2.53. The highest BCUT2D eigenvalue weighted by atomic mass is 32.2. The Kier molecular flexibility index (Phi) is 4.48. The lowest BCUT2D eigenvalue weighted by Crippen LogP contribution is -2.18. The van der Waals surface area contributed by atoms with Gasteiger partial charge in [0.15, 0.2) is 5.16 Å². The number of aryl methyl sites for hydroxylation is 1. The molecule has 0 radical (unpaired) electrons. The van der Waals surface area contributed by atoms with Crippen LogP contribution in [0.5, 0.6) is 0 Å². The maximum atomic E-state index is 11.9. The lowest BCUT2D eigenvalue weighted by atomic mass is 10.1. The SMILES string of the molecule is CCc1ccccc1CSc1n[nH]c(=O)n1Cc1ccco1. The van der Waals surface area contributed by atoms with Gasteiger partial charge in [0, 0.05) is 5.75 Å². The van der Waals surface area contributed by atoms with Crippen LogP contribution in [0.2, 0.25) is 0 Å². The van der Waals surface area contributed by atoms with Crippen LogP contribution >= 0.6 is 11.8 Å². The van der Waals surface area contributed by atoms with Crippen molar-refractivity contribution in [3.8, 4) is 0 Å². The van der Waals surface area contributed by atoms with E-state index < -0.39 is 0 Å². The van der Waals surface area contributed by atoms with Crippen LogP contribution in [0, 0.1) is 0 Å². The maximum absolute atomic E-state index is 11.9. The number of furan rings is 1. The molecule has 0 bridgehead atoms. The van der Waals surface area contributed by atoms with Crippen LogP contribution < -0.4 is 5.69 Å². The summed E-state index contributed by atoms with van der Waals surface area (Å²) in [6.07, 6.45) is 2.60. The summed E-state index contributed by atoms with van der Waals surface area (Å²) in [5.41, 5.74) is 2.38. The fourth-order valence-electron chi connectivity index (χ4n) is 2.30. The van der Waals surface area contributed by atoms with Gasteiger partial charge in [-0.05, 0) is 29.7 Å². The van der Waals surface area contributed by atoms with E-state index in [0.29, 0.717) is 11.7 Å². The van der Waals surface area contributed by atoms with Crippen molar-refractivity contribution in [2.24, 2.45) is 0 Å². The molecule has 3 aromatic rings. The fraction of sp³-hybridized carbons (Fsp3) is 0.250. The quantitative estimate of drug-likeness (QED) is 0.710. The van der Waals surface area contributed by atoms with Crippen molar-refractivity contribution in [2.45, 2.75) is 30.8 Å². The normalized spacial score (nSPS) is 11.0. The van der Waals surface area contributed by atoms with E-state index in [-0.39, 0.29) is 5.69 Å². The van der Waals surface area contributed by atoms with Crippen LogP contribution in [0.4, 0.5) is 0 Å². The Morgan fingerprint density at radius 1 is 1.23 bits per heavy atom. The van der Waals surface area contributed by atoms with Gasteiger partial charge in [-0.1, -0.05) is 43.0 Å². The summed E-state index contributed by atoms with van der Waals surface area (Å²) in [7, 11) is 0. The van der Waals surface area contributed by atoms with E-state index in [2.05, 4.69) is 29.3 Å². The molecular formula is C16H17N3O2S. The molecule has 0 fully saturated rings. The molecule has 114 valence electrons. The number of H-pyrrole nitrogens is 1. The van der Waals surface area contributed by atoms with Crippen LogP contribution in [0.15, 0.2) is 57.0 Å². The lowest BCUT2D eigenvalue weighted by Gasteiger charge is -2.07. The van der Waals surface area contributed by atoms with Crippen molar-refractivity contribution >= 4 is 11.8 Å². The van der Waals surface area contributed by atoms with Crippen LogP contribution in [0.3, 0.4) is 0 Å². The minimum Gasteiger partial charge on any atom is -0.467 e. The zero-order valence-electron chi connectivity index (χ0n) is 12.3. The summed E-state index contributed by atoms with van der Waals surface area (Å²) in [5, 5.41) is 7.30. The first-order valence-electron chi connectivity index (χ1n) is 7.15. The minimum atomic E-state index is -0.220. The number of benzene rings is 1. The molecule has 2 aromatic heterocycles. The molecule has 1 N–H and O–H groups in total. The predicted molar refractivity (Wildman–Crippen MR) is 86.0 cm³/mol. The maximum Gasteiger partial charge on any atom is 0.344 e. The van der Waals surface area contributed by atoms with Crippen LogP contribution in [0.1, 0.15) is 23.8 Å². The van der Waals surface area contributed by atoms with Crippen LogP contribution in [0.25, 0.3) is 0 Å². The van der Waals surface area contributed by atoms with Gasteiger partial charge in [0.25, 0.3) is 0 Å². The van der Waals surface area contributed by atoms with Gasteiger partial charge in [-0.3, -0.25) is 4.57 Å². The Morgan fingerprint density at radius 2 is 2.05 bits per heavy atom. The molecule has 5 nitrogen and oxygen atoms in total. The number of nitrogens with one attached hydrogen (secondary N) is 1. The second-order valence-corrected chi connectivity index (χ2v) is 5.83. The first-order valence-corrected chi connectivity index (χ1v) is 8.13. The van der Waals surface area contributed by atoms with Crippen LogP contribution in [-0.4, -0.2) is 14.8 Å². The Hall–Kier alpha value is -2.21. The zero-order valence-corrected chi connectivity index (χ0v) is 13.1. The van der Waals surface area contributed by atoms with E-state index in [1.54, 1.807) is 22.6 Å². The van der Waals surface area contributed by atoms with E-state index >= 15 is 0 Å². The molecule has 0 spiro atoms. The number of thioether (sulfide) groups is 1. The first-order chi connectivity index (χ1) is 10.8. The van der Waals surface area contributed by atoms with Crippen molar-refractivity contribution in [3.05, 3.63) is 70.0 Å². The third kappa shape index (κ3) is 3.17. The summed E-state index contributed by atoms with van der Waals surface area (Å²) in [5.74, 6) is 1.52. The molecule has 0 unspecified atom stereocenters. The zero-order chi connectivity index (χ0) is 15.4. The van der Waals surface area contributed by atoms with E-state index in [1.807, 2.05) is 24.3 Å².